The van der Waals surface area contributed by atoms with Crippen LogP contribution in [0.25, 0.3) is 11.1 Å². The quantitative estimate of drug-likeness (QED) is 0.886. The molecule has 19 heavy (non-hydrogen) atoms. The number of hydrogen-bond acceptors (Lipinski definition) is 2. The van der Waals surface area contributed by atoms with Crippen LogP contribution in [-0.2, 0) is 11.2 Å². The van der Waals surface area contributed by atoms with Gasteiger partial charge in [0.15, 0.2) is 0 Å². The first-order valence-corrected chi connectivity index (χ1v) is 5.90. The molecule has 0 heterocycles. The van der Waals surface area contributed by atoms with Gasteiger partial charge >= 0.3 is 5.97 Å². The van der Waals surface area contributed by atoms with Gasteiger partial charge in [-0.3, -0.25) is 4.79 Å². The van der Waals surface area contributed by atoms with Crippen molar-refractivity contribution in [2.24, 2.45) is 5.73 Å². The van der Waals surface area contributed by atoms with Gasteiger partial charge in [-0.25, -0.2) is 4.39 Å². The molecule has 4 heteroatoms. The van der Waals surface area contributed by atoms with E-state index in [-0.39, 0.29) is 12.2 Å². The molecule has 2 aromatic carbocycles. The smallest absolute Gasteiger partial charge is 0.320 e. The Labute approximate surface area is 110 Å². The number of carboxylic acid groups (broad SMARTS) is 1. The molecular formula is C15H14FNO2. The van der Waals surface area contributed by atoms with E-state index in [0.717, 1.165) is 11.1 Å². The fourth-order valence-electron chi connectivity index (χ4n) is 1.86. The van der Waals surface area contributed by atoms with Crippen molar-refractivity contribution in [3.8, 4) is 11.1 Å². The molecular weight excluding hydrogens is 245 g/mol. The molecule has 0 bridgehead atoms. The second-order valence-corrected chi connectivity index (χ2v) is 4.33. The van der Waals surface area contributed by atoms with Crippen LogP contribution in [0, 0.1) is 5.82 Å². The highest BCUT2D eigenvalue weighted by molar-refractivity contribution is 5.73. The van der Waals surface area contributed by atoms with Crippen molar-refractivity contribution in [1.29, 1.82) is 0 Å². The molecule has 3 N–H and O–H groups in total. The zero-order chi connectivity index (χ0) is 13.8. The van der Waals surface area contributed by atoms with Crippen LogP contribution in [-0.4, -0.2) is 17.1 Å². The number of halogens is 1. The lowest BCUT2D eigenvalue weighted by molar-refractivity contribution is -0.138. The number of carbonyl (C=O) groups is 1. The molecule has 1 atom stereocenters. The predicted molar refractivity (Wildman–Crippen MR) is 71.2 cm³/mol. The monoisotopic (exact) mass is 259 g/mol. The van der Waals surface area contributed by atoms with Gasteiger partial charge in [-0.2, -0.15) is 0 Å². The zero-order valence-corrected chi connectivity index (χ0v) is 10.2. The van der Waals surface area contributed by atoms with Crippen LogP contribution in [0.4, 0.5) is 4.39 Å². The maximum absolute atomic E-state index is 13.6. The molecule has 0 aromatic heterocycles. The number of hydrogen-bond donors (Lipinski definition) is 2. The molecule has 0 aliphatic heterocycles. The van der Waals surface area contributed by atoms with Crippen molar-refractivity contribution in [3.05, 3.63) is 59.9 Å². The minimum Gasteiger partial charge on any atom is -0.480 e. The van der Waals surface area contributed by atoms with Crippen LogP contribution in [0.15, 0.2) is 48.5 Å². The third kappa shape index (κ3) is 3.17. The summed E-state index contributed by atoms with van der Waals surface area (Å²) in [6.07, 6.45) is 0.257. The molecule has 0 aliphatic rings. The Kier molecular flexibility index (Phi) is 3.92. The van der Waals surface area contributed by atoms with Crippen molar-refractivity contribution >= 4 is 5.97 Å². The van der Waals surface area contributed by atoms with Gasteiger partial charge in [0.1, 0.15) is 11.9 Å². The van der Waals surface area contributed by atoms with Crippen molar-refractivity contribution < 1.29 is 14.3 Å². The normalized spacial score (nSPS) is 12.1. The summed E-state index contributed by atoms with van der Waals surface area (Å²) in [5, 5.41) is 8.74. The Balaban J connectivity index is 2.19. The van der Waals surface area contributed by atoms with Gasteiger partial charge in [0.25, 0.3) is 0 Å². The fraction of sp³-hybridized carbons (Fsp3) is 0.133. The van der Waals surface area contributed by atoms with Gasteiger partial charge < -0.3 is 10.8 Å². The highest BCUT2D eigenvalue weighted by atomic mass is 19.1. The van der Waals surface area contributed by atoms with E-state index < -0.39 is 12.0 Å². The molecule has 0 spiro atoms. The summed E-state index contributed by atoms with van der Waals surface area (Å²) in [5.41, 5.74) is 7.56. The second-order valence-electron chi connectivity index (χ2n) is 4.33. The number of benzene rings is 2. The Bertz CT molecular complexity index is 581. The van der Waals surface area contributed by atoms with Crippen LogP contribution < -0.4 is 5.73 Å². The van der Waals surface area contributed by atoms with E-state index in [1.165, 1.54) is 6.07 Å². The summed E-state index contributed by atoms with van der Waals surface area (Å²) in [6.45, 7) is 0. The fourth-order valence-corrected chi connectivity index (χ4v) is 1.86. The Hall–Kier alpha value is -2.20. The highest BCUT2D eigenvalue weighted by Gasteiger charge is 2.12. The molecule has 0 radical (unpaired) electrons. The van der Waals surface area contributed by atoms with E-state index in [2.05, 4.69) is 0 Å². The third-order valence-electron chi connectivity index (χ3n) is 2.91. The molecule has 2 rings (SSSR count). The van der Waals surface area contributed by atoms with Gasteiger partial charge in [0, 0.05) is 5.56 Å². The molecule has 0 unspecified atom stereocenters. The van der Waals surface area contributed by atoms with E-state index in [4.69, 9.17) is 10.8 Å². The van der Waals surface area contributed by atoms with E-state index in [9.17, 15) is 9.18 Å². The van der Waals surface area contributed by atoms with E-state index in [1.807, 2.05) is 0 Å². The lowest BCUT2D eigenvalue weighted by Gasteiger charge is -2.08. The van der Waals surface area contributed by atoms with E-state index in [1.54, 1.807) is 42.5 Å². The Morgan fingerprint density at radius 3 is 2.37 bits per heavy atom. The van der Waals surface area contributed by atoms with Gasteiger partial charge in [0.05, 0.1) is 0 Å². The Morgan fingerprint density at radius 1 is 1.16 bits per heavy atom. The summed E-state index contributed by atoms with van der Waals surface area (Å²) in [5.74, 6) is -1.31. The van der Waals surface area contributed by atoms with Crippen LogP contribution in [0.2, 0.25) is 0 Å². The summed E-state index contributed by atoms with van der Waals surface area (Å²) < 4.78 is 13.6. The number of rotatable bonds is 4. The molecule has 3 nitrogen and oxygen atoms in total. The van der Waals surface area contributed by atoms with Gasteiger partial charge in [0.2, 0.25) is 0 Å². The maximum Gasteiger partial charge on any atom is 0.320 e. The van der Waals surface area contributed by atoms with Gasteiger partial charge in [-0.1, -0.05) is 42.5 Å². The average Bonchev–Trinajstić information content (AvgIpc) is 2.40. The second kappa shape index (κ2) is 5.63. The van der Waals surface area contributed by atoms with Crippen molar-refractivity contribution in [3.63, 3.8) is 0 Å². The standard InChI is InChI=1S/C15H14FNO2/c16-13-4-2-1-3-12(13)11-7-5-10(6-8-11)9-14(17)15(18)19/h1-8,14H,9,17H2,(H,18,19)/t14-/m0/s1. The molecule has 98 valence electrons. The number of aliphatic carboxylic acids is 1. The average molecular weight is 259 g/mol. The van der Waals surface area contributed by atoms with E-state index >= 15 is 0 Å². The van der Waals surface area contributed by atoms with E-state index in [0.29, 0.717) is 5.56 Å². The predicted octanol–water partition coefficient (Wildman–Crippen LogP) is 2.45. The van der Waals surface area contributed by atoms with Crippen molar-refractivity contribution in [2.75, 3.05) is 0 Å². The van der Waals surface area contributed by atoms with Gasteiger partial charge in [-0.05, 0) is 23.6 Å². The lowest BCUT2D eigenvalue weighted by Crippen LogP contribution is -2.32. The van der Waals surface area contributed by atoms with Crippen LogP contribution in [0.1, 0.15) is 5.56 Å². The van der Waals surface area contributed by atoms with Crippen molar-refractivity contribution in [1.82, 2.24) is 0 Å². The topological polar surface area (TPSA) is 63.3 Å². The number of carboxylic acids is 1. The third-order valence-corrected chi connectivity index (χ3v) is 2.91. The SMILES string of the molecule is N[C@@H](Cc1ccc(-c2ccccc2F)cc1)C(=O)O. The summed E-state index contributed by atoms with van der Waals surface area (Å²) >= 11 is 0. The molecule has 2 aromatic rings. The van der Waals surface area contributed by atoms with Crippen LogP contribution in [0.5, 0.6) is 0 Å². The summed E-state index contributed by atoms with van der Waals surface area (Å²) in [4.78, 5) is 10.7. The molecule has 0 saturated carbocycles. The first-order valence-electron chi connectivity index (χ1n) is 5.90. The maximum atomic E-state index is 13.6. The molecule has 0 saturated heterocycles. The van der Waals surface area contributed by atoms with Gasteiger partial charge in [-0.15, -0.1) is 0 Å². The Morgan fingerprint density at radius 2 is 1.79 bits per heavy atom. The minimum atomic E-state index is -1.03. The van der Waals surface area contributed by atoms with Crippen LogP contribution in [0.3, 0.4) is 0 Å². The number of nitrogens with two attached hydrogens (primary N) is 1. The highest BCUT2D eigenvalue weighted by Crippen LogP contribution is 2.22. The molecule has 0 aliphatic carbocycles. The lowest BCUT2D eigenvalue weighted by atomic mass is 10.0. The minimum absolute atomic E-state index is 0.257. The largest absolute Gasteiger partial charge is 0.480 e. The zero-order valence-electron chi connectivity index (χ0n) is 10.2. The first-order chi connectivity index (χ1) is 9.08. The summed E-state index contributed by atoms with van der Waals surface area (Å²) in [6, 6.07) is 12.7. The summed E-state index contributed by atoms with van der Waals surface area (Å²) in [7, 11) is 0. The first kappa shape index (κ1) is 13.2. The molecule has 0 amide bonds. The van der Waals surface area contributed by atoms with Crippen LogP contribution >= 0.6 is 0 Å². The van der Waals surface area contributed by atoms with Crippen molar-refractivity contribution in [2.45, 2.75) is 12.5 Å². The molecule has 0 fully saturated rings.